The molecule has 0 spiro atoms. The molecule has 8 nitrogen and oxygen atoms in total. The molecule has 36 heavy (non-hydrogen) atoms. The maximum Gasteiger partial charge on any atom is 0.345 e. The summed E-state index contributed by atoms with van der Waals surface area (Å²) in [7, 11) is 2.16. The molecule has 2 aromatic rings. The summed E-state index contributed by atoms with van der Waals surface area (Å²) in [4.78, 5) is 18.5. The number of nitrogens with zero attached hydrogens (tertiary/aromatic N) is 5. The van der Waals surface area contributed by atoms with E-state index in [2.05, 4.69) is 61.1 Å². The largest absolute Gasteiger partial charge is 0.393 e. The Morgan fingerprint density at radius 3 is 2.56 bits per heavy atom. The molecular weight excluding hydrogens is 466 g/mol. The molecule has 1 aromatic carbocycles. The van der Waals surface area contributed by atoms with Crippen molar-refractivity contribution in [3.63, 3.8) is 0 Å². The summed E-state index contributed by atoms with van der Waals surface area (Å²) >= 11 is 0. The van der Waals surface area contributed by atoms with E-state index in [1.807, 2.05) is 6.21 Å². The zero-order valence-electron chi connectivity index (χ0n) is 20.8. The van der Waals surface area contributed by atoms with Gasteiger partial charge in [0.1, 0.15) is 0 Å². The molecule has 1 saturated heterocycles. The quantitative estimate of drug-likeness (QED) is 0.378. The van der Waals surface area contributed by atoms with Gasteiger partial charge in [-0.3, -0.25) is 4.90 Å². The molecule has 0 atom stereocenters. The molecule has 1 aromatic heterocycles. The van der Waals surface area contributed by atoms with E-state index in [0.717, 1.165) is 69.5 Å². The Balaban J connectivity index is 1.47. The average Bonchev–Trinajstić information content (AvgIpc) is 2.88. The van der Waals surface area contributed by atoms with Gasteiger partial charge in [-0.25, -0.2) is 9.98 Å². The smallest absolute Gasteiger partial charge is 0.345 e. The van der Waals surface area contributed by atoms with E-state index in [9.17, 15) is 13.9 Å². The van der Waals surface area contributed by atoms with Gasteiger partial charge >= 0.3 is 6.61 Å². The van der Waals surface area contributed by atoms with E-state index >= 15 is 0 Å². The number of halogens is 2. The fourth-order valence-corrected chi connectivity index (χ4v) is 4.55. The molecular formula is C26H36F2N6O2. The Morgan fingerprint density at radius 2 is 1.86 bits per heavy atom. The van der Waals surface area contributed by atoms with Crippen LogP contribution in [0.1, 0.15) is 31.2 Å². The van der Waals surface area contributed by atoms with Crippen molar-refractivity contribution in [2.45, 2.75) is 44.9 Å². The zero-order valence-corrected chi connectivity index (χ0v) is 20.8. The van der Waals surface area contributed by atoms with Gasteiger partial charge in [-0.15, -0.1) is 0 Å². The number of aromatic nitrogens is 2. The Kier molecular flexibility index (Phi) is 9.68. The lowest BCUT2D eigenvalue weighted by molar-refractivity contribution is -0.125. The second kappa shape index (κ2) is 13.1. The number of likely N-dealkylation sites (N-methyl/N-ethyl adjacent to an activating group) is 1. The molecule has 4 rings (SSSR count). The number of alkyl halides is 2. The number of aliphatic imine (C=N–C) groups is 1. The summed E-state index contributed by atoms with van der Waals surface area (Å²) in [5.41, 5.74) is 3.03. The monoisotopic (exact) mass is 502 g/mol. The molecule has 196 valence electrons. The van der Waals surface area contributed by atoms with Gasteiger partial charge in [-0.2, -0.15) is 13.8 Å². The molecule has 0 unspecified atom stereocenters. The van der Waals surface area contributed by atoms with Crippen LogP contribution in [0.2, 0.25) is 0 Å². The lowest BCUT2D eigenvalue weighted by Crippen LogP contribution is -2.43. The van der Waals surface area contributed by atoms with Crippen LogP contribution in [0, 0.1) is 5.92 Å². The minimum absolute atomic E-state index is 0.152. The summed E-state index contributed by atoms with van der Waals surface area (Å²) in [5, 5.41) is 12.7. The highest BCUT2D eigenvalue weighted by Crippen LogP contribution is 2.30. The molecule has 2 aliphatic rings. The average molecular weight is 503 g/mol. The molecule has 1 aliphatic heterocycles. The minimum atomic E-state index is -2.80. The van der Waals surface area contributed by atoms with E-state index in [4.69, 9.17) is 4.99 Å². The second-order valence-electron chi connectivity index (χ2n) is 9.61. The molecule has 0 bridgehead atoms. The fourth-order valence-electron chi connectivity index (χ4n) is 4.55. The van der Waals surface area contributed by atoms with Crippen LogP contribution in [0.25, 0.3) is 11.1 Å². The van der Waals surface area contributed by atoms with Crippen molar-refractivity contribution < 1.29 is 18.6 Å². The number of benzene rings is 1. The normalized spacial score (nSPS) is 21.9. The third-order valence-corrected chi connectivity index (χ3v) is 6.81. The number of nitrogens with one attached hydrogen (secondary N) is 1. The van der Waals surface area contributed by atoms with Crippen LogP contribution in [0.5, 0.6) is 0 Å². The highest BCUT2D eigenvalue weighted by molar-refractivity contribution is 5.77. The molecule has 1 aliphatic carbocycles. The van der Waals surface area contributed by atoms with E-state index in [0.29, 0.717) is 11.8 Å². The first kappa shape index (κ1) is 26.5. The van der Waals surface area contributed by atoms with Gasteiger partial charge in [0.05, 0.1) is 12.7 Å². The number of aliphatic hydroxyl groups excluding tert-OH is 1. The van der Waals surface area contributed by atoms with Crippen molar-refractivity contribution in [1.29, 1.82) is 0 Å². The number of aliphatic hydroxyl groups is 1. The Bertz CT molecular complexity index is 975. The highest BCUT2D eigenvalue weighted by Gasteiger charge is 2.18. The first-order chi connectivity index (χ1) is 17.5. The summed E-state index contributed by atoms with van der Waals surface area (Å²) in [6, 6.07) is 8.42. The Labute approximate surface area is 211 Å². The van der Waals surface area contributed by atoms with Gasteiger partial charge in [-0.05, 0) is 49.8 Å². The molecule has 2 N–H and O–H groups in total. The van der Waals surface area contributed by atoms with E-state index in [1.165, 1.54) is 5.56 Å². The molecule has 1 saturated carbocycles. The maximum absolute atomic E-state index is 12.2. The van der Waals surface area contributed by atoms with Gasteiger partial charge in [-0.1, -0.05) is 24.3 Å². The number of rotatable bonds is 10. The molecule has 2 heterocycles. The maximum atomic E-state index is 12.2. The molecule has 0 amide bonds. The number of piperazine rings is 1. The number of hydrogen-bond acceptors (Lipinski definition) is 8. The first-order valence-corrected chi connectivity index (χ1v) is 12.7. The second-order valence-corrected chi connectivity index (χ2v) is 9.61. The van der Waals surface area contributed by atoms with Crippen LogP contribution in [0.15, 0.2) is 35.5 Å². The Hall–Kier alpha value is -2.53. The van der Waals surface area contributed by atoms with Crippen LogP contribution in [-0.4, -0.2) is 90.2 Å². The molecule has 2 fully saturated rings. The van der Waals surface area contributed by atoms with Crippen LogP contribution in [-0.2, 0) is 11.3 Å². The lowest BCUT2D eigenvalue weighted by Gasteiger charge is -2.32. The van der Waals surface area contributed by atoms with Crippen LogP contribution < -0.4 is 5.32 Å². The Morgan fingerprint density at radius 1 is 1.14 bits per heavy atom. The first-order valence-electron chi connectivity index (χ1n) is 12.7. The number of ether oxygens (including phenoxy) is 1. The van der Waals surface area contributed by atoms with E-state index < -0.39 is 6.61 Å². The van der Waals surface area contributed by atoms with Crippen molar-refractivity contribution in [1.82, 2.24) is 19.8 Å². The minimum Gasteiger partial charge on any atom is -0.393 e. The van der Waals surface area contributed by atoms with Crippen molar-refractivity contribution >= 4 is 18.0 Å². The van der Waals surface area contributed by atoms with E-state index in [1.54, 1.807) is 6.20 Å². The van der Waals surface area contributed by atoms with Crippen molar-refractivity contribution in [2.75, 3.05) is 51.7 Å². The standard InChI is InChI=1S/C26H36F2N6O2/c1-33-11-13-34(14-12-33)18-20-2-6-21(7-3-20)23-17-31-26(29-10-15-36-25(27)28)32-24(23)30-16-19-4-8-22(35)9-5-19/h2-3,6-7,16-17,19,22,25,35H,4-5,8-15,18H2,1H3,(H,29,31,32)/b30-16-. The summed E-state index contributed by atoms with van der Waals surface area (Å²) < 4.78 is 28.7. The van der Waals surface area contributed by atoms with Crippen LogP contribution in [0.3, 0.4) is 0 Å². The van der Waals surface area contributed by atoms with Gasteiger partial charge in [0.15, 0.2) is 5.82 Å². The van der Waals surface area contributed by atoms with Crippen LogP contribution >= 0.6 is 0 Å². The van der Waals surface area contributed by atoms with E-state index in [-0.39, 0.29) is 25.2 Å². The zero-order chi connectivity index (χ0) is 25.3. The third kappa shape index (κ3) is 7.99. The van der Waals surface area contributed by atoms with Gasteiger partial charge in [0.2, 0.25) is 5.95 Å². The summed E-state index contributed by atoms with van der Waals surface area (Å²) in [6.07, 6.45) is 6.75. The summed E-state index contributed by atoms with van der Waals surface area (Å²) in [5.74, 6) is 1.13. The van der Waals surface area contributed by atoms with Crippen molar-refractivity contribution in [2.24, 2.45) is 10.9 Å². The number of anilines is 1. The lowest BCUT2D eigenvalue weighted by atomic mass is 9.88. The van der Waals surface area contributed by atoms with Gasteiger partial charge in [0, 0.05) is 57.2 Å². The summed E-state index contributed by atoms with van der Waals surface area (Å²) in [6.45, 7) is 2.45. The predicted octanol–water partition coefficient (Wildman–Crippen LogP) is 3.80. The predicted molar refractivity (Wildman–Crippen MR) is 137 cm³/mol. The third-order valence-electron chi connectivity index (χ3n) is 6.81. The van der Waals surface area contributed by atoms with Crippen molar-refractivity contribution in [3.8, 4) is 11.1 Å². The van der Waals surface area contributed by atoms with Gasteiger partial charge < -0.3 is 20.1 Å². The fraction of sp³-hybridized carbons (Fsp3) is 0.577. The molecule has 0 radical (unpaired) electrons. The number of hydrogen-bond donors (Lipinski definition) is 2. The van der Waals surface area contributed by atoms with Gasteiger partial charge in [0.25, 0.3) is 0 Å². The topological polar surface area (TPSA) is 86.1 Å². The van der Waals surface area contributed by atoms with Crippen molar-refractivity contribution in [3.05, 3.63) is 36.0 Å². The SMILES string of the molecule is CN1CCN(Cc2ccc(-c3cnc(NCCOC(F)F)nc3/N=C\C3CCC(O)CC3)cc2)CC1. The molecule has 10 heteroatoms. The van der Waals surface area contributed by atoms with Crippen LogP contribution in [0.4, 0.5) is 20.5 Å². The highest BCUT2D eigenvalue weighted by atomic mass is 19.3.